The average molecular weight is 210 g/mol. The minimum absolute atomic E-state index is 0.106. The van der Waals surface area contributed by atoms with E-state index in [9.17, 15) is 4.79 Å². The van der Waals surface area contributed by atoms with Crippen LogP contribution in [0.5, 0.6) is 0 Å². The number of amides is 2. The highest BCUT2D eigenvalue weighted by atomic mass is 16.2. The minimum atomic E-state index is 0.106. The van der Waals surface area contributed by atoms with E-state index >= 15 is 0 Å². The molecule has 0 aromatic carbocycles. The number of carbonyl (C=O) groups is 1. The molecule has 1 unspecified atom stereocenters. The summed E-state index contributed by atoms with van der Waals surface area (Å²) in [5.74, 6) is 0. The van der Waals surface area contributed by atoms with Crippen LogP contribution in [0.4, 0.5) is 4.79 Å². The lowest BCUT2D eigenvalue weighted by molar-refractivity contribution is 0.160. The van der Waals surface area contributed by atoms with Crippen LogP contribution in [-0.2, 0) is 0 Å². The fraction of sp³-hybridized carbons (Fsp3) is 0.917. The van der Waals surface area contributed by atoms with Crippen LogP contribution in [-0.4, -0.2) is 30.1 Å². The van der Waals surface area contributed by atoms with Gasteiger partial charge >= 0.3 is 6.03 Å². The third-order valence-electron chi connectivity index (χ3n) is 4.35. The first-order chi connectivity index (χ1) is 6.95. The first kappa shape index (κ1) is 10.8. The Kier molecular flexibility index (Phi) is 2.44. The molecule has 1 atom stereocenters. The number of nitrogens with one attached hydrogen (secondary N) is 1. The van der Waals surface area contributed by atoms with Crippen molar-refractivity contribution in [3.63, 3.8) is 0 Å². The van der Waals surface area contributed by atoms with Crippen molar-refractivity contribution in [3.05, 3.63) is 0 Å². The molecule has 15 heavy (non-hydrogen) atoms. The van der Waals surface area contributed by atoms with Gasteiger partial charge in [0.05, 0.1) is 5.54 Å². The standard InChI is InChI=1S/C12H22N2O/c1-11(2)5-4-6-12(8-7-11)9-13-10(15)14(12)3/h4-9H2,1-3H3,(H,13,15). The molecular weight excluding hydrogens is 188 g/mol. The van der Waals surface area contributed by atoms with Crippen molar-refractivity contribution >= 4 is 6.03 Å². The van der Waals surface area contributed by atoms with Gasteiger partial charge in [0.25, 0.3) is 0 Å². The highest BCUT2D eigenvalue weighted by molar-refractivity contribution is 5.77. The molecule has 1 spiro atoms. The van der Waals surface area contributed by atoms with Crippen LogP contribution in [0.3, 0.4) is 0 Å². The largest absolute Gasteiger partial charge is 0.336 e. The highest BCUT2D eigenvalue weighted by Crippen LogP contribution is 2.41. The van der Waals surface area contributed by atoms with Crippen molar-refractivity contribution in [1.29, 1.82) is 0 Å². The van der Waals surface area contributed by atoms with Gasteiger partial charge in [0.1, 0.15) is 0 Å². The monoisotopic (exact) mass is 210 g/mol. The maximum absolute atomic E-state index is 11.5. The van der Waals surface area contributed by atoms with Gasteiger partial charge in [-0.15, -0.1) is 0 Å². The molecule has 2 fully saturated rings. The zero-order chi connectivity index (χ0) is 11.1. The van der Waals surface area contributed by atoms with Crippen molar-refractivity contribution in [2.75, 3.05) is 13.6 Å². The van der Waals surface area contributed by atoms with Gasteiger partial charge in [0, 0.05) is 13.6 Å². The lowest BCUT2D eigenvalue weighted by Gasteiger charge is -2.34. The molecule has 2 rings (SSSR count). The van der Waals surface area contributed by atoms with E-state index in [0.29, 0.717) is 5.41 Å². The second-order valence-electron chi connectivity index (χ2n) is 5.96. The second kappa shape index (κ2) is 3.39. The lowest BCUT2D eigenvalue weighted by atomic mass is 9.83. The predicted octanol–water partition coefficient (Wildman–Crippen LogP) is 2.37. The Morgan fingerprint density at radius 1 is 1.20 bits per heavy atom. The molecule has 2 aliphatic rings. The third-order valence-corrected chi connectivity index (χ3v) is 4.35. The fourth-order valence-corrected chi connectivity index (χ4v) is 2.92. The summed E-state index contributed by atoms with van der Waals surface area (Å²) in [4.78, 5) is 13.5. The second-order valence-corrected chi connectivity index (χ2v) is 5.96. The number of carbonyl (C=O) groups excluding carboxylic acids is 1. The van der Waals surface area contributed by atoms with E-state index in [1.165, 1.54) is 19.3 Å². The molecular formula is C12H22N2O. The van der Waals surface area contributed by atoms with E-state index < -0.39 is 0 Å². The fourth-order valence-electron chi connectivity index (χ4n) is 2.92. The average Bonchev–Trinajstić information content (AvgIpc) is 2.35. The predicted molar refractivity (Wildman–Crippen MR) is 60.8 cm³/mol. The summed E-state index contributed by atoms with van der Waals surface area (Å²) in [7, 11) is 1.95. The molecule has 1 aliphatic carbocycles. The summed E-state index contributed by atoms with van der Waals surface area (Å²) in [6.45, 7) is 5.53. The molecule has 0 aromatic heterocycles. The van der Waals surface area contributed by atoms with E-state index in [0.717, 1.165) is 19.4 Å². The van der Waals surface area contributed by atoms with Crippen LogP contribution in [0.15, 0.2) is 0 Å². The van der Waals surface area contributed by atoms with Crippen LogP contribution < -0.4 is 5.32 Å². The smallest absolute Gasteiger partial charge is 0.317 e. The van der Waals surface area contributed by atoms with Crippen molar-refractivity contribution in [2.24, 2.45) is 5.41 Å². The van der Waals surface area contributed by atoms with Gasteiger partial charge in [0.2, 0.25) is 0 Å². The van der Waals surface area contributed by atoms with Gasteiger partial charge in [-0.3, -0.25) is 0 Å². The molecule has 3 nitrogen and oxygen atoms in total. The SMILES string of the molecule is CN1C(=O)NCC12CCCC(C)(C)CC2. The van der Waals surface area contributed by atoms with Gasteiger partial charge in [-0.1, -0.05) is 20.3 Å². The quantitative estimate of drug-likeness (QED) is 0.654. The molecule has 1 heterocycles. The topological polar surface area (TPSA) is 32.3 Å². The minimum Gasteiger partial charge on any atom is -0.336 e. The molecule has 1 N–H and O–H groups in total. The molecule has 1 saturated heterocycles. The lowest BCUT2D eigenvalue weighted by Crippen LogP contribution is -2.44. The summed E-state index contributed by atoms with van der Waals surface area (Å²) >= 11 is 0. The zero-order valence-electron chi connectivity index (χ0n) is 10.1. The van der Waals surface area contributed by atoms with Gasteiger partial charge < -0.3 is 10.2 Å². The number of hydrogen-bond acceptors (Lipinski definition) is 1. The Balaban J connectivity index is 2.13. The van der Waals surface area contributed by atoms with E-state index in [-0.39, 0.29) is 11.6 Å². The van der Waals surface area contributed by atoms with E-state index in [1.807, 2.05) is 11.9 Å². The number of hydrogen-bond donors (Lipinski definition) is 1. The van der Waals surface area contributed by atoms with Crippen LogP contribution in [0.1, 0.15) is 46.0 Å². The van der Waals surface area contributed by atoms with Gasteiger partial charge in [-0.05, 0) is 31.1 Å². The van der Waals surface area contributed by atoms with E-state index in [2.05, 4.69) is 19.2 Å². The van der Waals surface area contributed by atoms with E-state index in [1.54, 1.807) is 0 Å². The Morgan fingerprint density at radius 2 is 1.93 bits per heavy atom. The number of rotatable bonds is 0. The van der Waals surface area contributed by atoms with E-state index in [4.69, 9.17) is 0 Å². The van der Waals surface area contributed by atoms with Crippen LogP contribution >= 0.6 is 0 Å². The summed E-state index contributed by atoms with van der Waals surface area (Å²) in [5.41, 5.74) is 0.570. The summed E-state index contributed by atoms with van der Waals surface area (Å²) < 4.78 is 0. The van der Waals surface area contributed by atoms with Crippen LogP contribution in [0.2, 0.25) is 0 Å². The molecule has 1 aliphatic heterocycles. The molecule has 0 radical (unpaired) electrons. The third kappa shape index (κ3) is 1.84. The first-order valence-corrected chi connectivity index (χ1v) is 5.97. The van der Waals surface area contributed by atoms with Crippen molar-refractivity contribution in [2.45, 2.75) is 51.5 Å². The molecule has 2 amide bonds. The molecule has 0 aromatic rings. The Labute approximate surface area is 92.2 Å². The Morgan fingerprint density at radius 3 is 2.53 bits per heavy atom. The molecule has 3 heteroatoms. The number of nitrogens with zero attached hydrogens (tertiary/aromatic N) is 1. The van der Waals surface area contributed by atoms with Gasteiger partial charge in [-0.2, -0.15) is 0 Å². The molecule has 86 valence electrons. The Hall–Kier alpha value is -0.730. The van der Waals surface area contributed by atoms with Gasteiger partial charge in [0.15, 0.2) is 0 Å². The maximum atomic E-state index is 11.5. The molecule has 0 bridgehead atoms. The van der Waals surface area contributed by atoms with Crippen molar-refractivity contribution in [1.82, 2.24) is 10.2 Å². The number of urea groups is 1. The highest BCUT2D eigenvalue weighted by Gasteiger charge is 2.44. The first-order valence-electron chi connectivity index (χ1n) is 5.97. The summed E-state index contributed by atoms with van der Waals surface area (Å²) in [5, 5.41) is 2.97. The Bertz CT molecular complexity index is 275. The molecule has 1 saturated carbocycles. The summed E-state index contributed by atoms with van der Waals surface area (Å²) in [6.07, 6.45) is 6.07. The van der Waals surface area contributed by atoms with Crippen LogP contribution in [0.25, 0.3) is 0 Å². The normalized spacial score (nSPS) is 35.4. The van der Waals surface area contributed by atoms with Crippen molar-refractivity contribution in [3.8, 4) is 0 Å². The summed E-state index contributed by atoms with van der Waals surface area (Å²) in [6, 6.07) is 0.106. The van der Waals surface area contributed by atoms with Crippen molar-refractivity contribution < 1.29 is 4.79 Å². The van der Waals surface area contributed by atoms with Gasteiger partial charge in [-0.25, -0.2) is 4.79 Å². The number of likely N-dealkylation sites (N-methyl/N-ethyl adjacent to an activating group) is 1. The zero-order valence-corrected chi connectivity index (χ0v) is 10.1. The van der Waals surface area contributed by atoms with Crippen LogP contribution in [0, 0.1) is 5.41 Å². The maximum Gasteiger partial charge on any atom is 0.317 e.